The second-order valence-electron chi connectivity index (χ2n) is 3.20. The summed E-state index contributed by atoms with van der Waals surface area (Å²) in [6.45, 7) is 5.99. The summed E-state index contributed by atoms with van der Waals surface area (Å²) in [5.41, 5.74) is 0. The molecule has 0 amide bonds. The summed E-state index contributed by atoms with van der Waals surface area (Å²) in [6, 6.07) is 0. The summed E-state index contributed by atoms with van der Waals surface area (Å²) in [6.07, 6.45) is 1.07. The highest BCUT2D eigenvalue weighted by Crippen LogP contribution is 1.91. The second-order valence-corrected chi connectivity index (χ2v) is 3.59. The molecule has 0 aromatic carbocycles. The van der Waals surface area contributed by atoms with Crippen molar-refractivity contribution in [2.45, 2.75) is 13.3 Å². The van der Waals surface area contributed by atoms with Crippen LogP contribution in [0, 0.1) is 0 Å². The number of ether oxygens (including phenoxy) is 2. The molecule has 0 bridgehead atoms. The van der Waals surface area contributed by atoms with Crippen molar-refractivity contribution in [1.82, 2.24) is 10.2 Å². The van der Waals surface area contributed by atoms with E-state index in [1.807, 2.05) is 0 Å². The van der Waals surface area contributed by atoms with Crippen LogP contribution in [0.25, 0.3) is 0 Å². The third-order valence-electron chi connectivity index (χ3n) is 1.94. The minimum Gasteiger partial charge on any atom is -0.383 e. The molecule has 0 aromatic heterocycles. The summed E-state index contributed by atoms with van der Waals surface area (Å²) in [5, 5.41) is 3.98. The maximum absolute atomic E-state index is 5.27. The van der Waals surface area contributed by atoms with Crippen LogP contribution in [0.15, 0.2) is 0 Å². The van der Waals surface area contributed by atoms with Gasteiger partial charge in [0, 0.05) is 33.9 Å². The van der Waals surface area contributed by atoms with E-state index in [0.717, 1.165) is 31.2 Å². The zero-order valence-electron chi connectivity index (χ0n) is 9.91. The lowest BCUT2D eigenvalue weighted by Gasteiger charge is -2.25. The Bertz CT molecular complexity index is 160. The Balaban J connectivity index is 3.90. The average Bonchev–Trinajstić information content (AvgIpc) is 2.26. The Morgan fingerprint density at radius 1 is 1.20 bits per heavy atom. The number of nitrogens with one attached hydrogen (secondary N) is 1. The van der Waals surface area contributed by atoms with E-state index in [-0.39, 0.29) is 0 Å². The summed E-state index contributed by atoms with van der Waals surface area (Å²) >= 11 is 5.27. The molecule has 0 aliphatic carbocycles. The molecule has 0 rings (SSSR count). The van der Waals surface area contributed by atoms with Crippen LogP contribution in [-0.2, 0) is 9.47 Å². The van der Waals surface area contributed by atoms with E-state index in [9.17, 15) is 0 Å². The molecule has 0 spiro atoms. The fourth-order valence-electron chi connectivity index (χ4n) is 1.06. The summed E-state index contributed by atoms with van der Waals surface area (Å²) in [5.74, 6) is 0. The fourth-order valence-corrected chi connectivity index (χ4v) is 1.35. The van der Waals surface area contributed by atoms with Crippen LogP contribution in [0.3, 0.4) is 0 Å². The summed E-state index contributed by atoms with van der Waals surface area (Å²) in [7, 11) is 3.38. The van der Waals surface area contributed by atoms with Crippen molar-refractivity contribution in [2.24, 2.45) is 0 Å². The van der Waals surface area contributed by atoms with Gasteiger partial charge in [0.15, 0.2) is 5.11 Å². The van der Waals surface area contributed by atoms with Crippen LogP contribution >= 0.6 is 12.2 Å². The van der Waals surface area contributed by atoms with E-state index < -0.39 is 0 Å². The number of hydrogen-bond acceptors (Lipinski definition) is 3. The molecule has 5 heteroatoms. The molecule has 0 unspecified atom stereocenters. The second kappa shape index (κ2) is 10.1. The third kappa shape index (κ3) is 7.53. The number of rotatable bonds is 8. The molecule has 1 N–H and O–H groups in total. The maximum Gasteiger partial charge on any atom is 0.169 e. The molecule has 0 fully saturated rings. The minimum atomic E-state index is 0.678. The lowest BCUT2D eigenvalue weighted by molar-refractivity contribution is 0.146. The Labute approximate surface area is 97.9 Å². The highest BCUT2D eigenvalue weighted by molar-refractivity contribution is 7.80. The van der Waals surface area contributed by atoms with Crippen molar-refractivity contribution >= 4 is 17.3 Å². The van der Waals surface area contributed by atoms with Gasteiger partial charge >= 0.3 is 0 Å². The van der Waals surface area contributed by atoms with Crippen LogP contribution in [0.5, 0.6) is 0 Å². The molecule has 0 atom stereocenters. The molecule has 0 saturated carbocycles. The van der Waals surface area contributed by atoms with E-state index in [2.05, 4.69) is 17.1 Å². The van der Waals surface area contributed by atoms with Gasteiger partial charge in [0.2, 0.25) is 0 Å². The molecule has 0 aliphatic rings. The van der Waals surface area contributed by atoms with Crippen LogP contribution in [0.1, 0.15) is 13.3 Å². The van der Waals surface area contributed by atoms with E-state index >= 15 is 0 Å². The van der Waals surface area contributed by atoms with Crippen LogP contribution in [-0.4, -0.2) is 57.1 Å². The standard InChI is InChI=1S/C10H22N2O2S/c1-4-5-11-10(15)12(6-8-13-2)7-9-14-3/h4-9H2,1-3H3,(H,11,15). The molecule has 0 saturated heterocycles. The maximum atomic E-state index is 5.27. The van der Waals surface area contributed by atoms with E-state index in [4.69, 9.17) is 21.7 Å². The zero-order chi connectivity index (χ0) is 11.5. The molecular weight excluding hydrogens is 212 g/mol. The van der Waals surface area contributed by atoms with Gasteiger partial charge in [-0.2, -0.15) is 0 Å². The lowest BCUT2D eigenvalue weighted by atomic mass is 10.4. The van der Waals surface area contributed by atoms with Gasteiger partial charge < -0.3 is 19.7 Å². The molecule has 90 valence electrons. The number of thiocarbonyl (C=S) groups is 1. The smallest absolute Gasteiger partial charge is 0.169 e. The van der Waals surface area contributed by atoms with Crippen molar-refractivity contribution in [1.29, 1.82) is 0 Å². The van der Waals surface area contributed by atoms with Crippen molar-refractivity contribution < 1.29 is 9.47 Å². The topological polar surface area (TPSA) is 33.7 Å². The predicted octanol–water partition coefficient (Wildman–Crippen LogP) is 0.866. The van der Waals surface area contributed by atoms with Crippen molar-refractivity contribution in [3.8, 4) is 0 Å². The van der Waals surface area contributed by atoms with Crippen molar-refractivity contribution in [3.63, 3.8) is 0 Å². The Kier molecular flexibility index (Phi) is 9.88. The fraction of sp³-hybridized carbons (Fsp3) is 0.900. The van der Waals surface area contributed by atoms with E-state index in [1.54, 1.807) is 14.2 Å². The van der Waals surface area contributed by atoms with Gasteiger partial charge in [-0.25, -0.2) is 0 Å². The molecular formula is C10H22N2O2S. The quantitative estimate of drug-likeness (QED) is 0.630. The van der Waals surface area contributed by atoms with Gasteiger partial charge in [0.1, 0.15) is 0 Å². The highest BCUT2D eigenvalue weighted by Gasteiger charge is 2.07. The molecule has 15 heavy (non-hydrogen) atoms. The highest BCUT2D eigenvalue weighted by atomic mass is 32.1. The van der Waals surface area contributed by atoms with Gasteiger partial charge in [-0.3, -0.25) is 0 Å². The van der Waals surface area contributed by atoms with E-state index in [0.29, 0.717) is 13.2 Å². The van der Waals surface area contributed by atoms with Gasteiger partial charge in [0.25, 0.3) is 0 Å². The first-order valence-electron chi connectivity index (χ1n) is 5.26. The number of methoxy groups -OCH3 is 2. The molecule has 0 radical (unpaired) electrons. The van der Waals surface area contributed by atoms with Crippen LogP contribution in [0.4, 0.5) is 0 Å². The van der Waals surface area contributed by atoms with Crippen molar-refractivity contribution in [3.05, 3.63) is 0 Å². The summed E-state index contributed by atoms with van der Waals surface area (Å²) in [4.78, 5) is 2.07. The minimum absolute atomic E-state index is 0.678. The van der Waals surface area contributed by atoms with Gasteiger partial charge in [0.05, 0.1) is 13.2 Å². The Hall–Kier alpha value is -0.390. The normalized spacial score (nSPS) is 10.1. The van der Waals surface area contributed by atoms with Crippen LogP contribution < -0.4 is 5.32 Å². The molecule has 4 nitrogen and oxygen atoms in total. The summed E-state index contributed by atoms with van der Waals surface area (Å²) < 4.78 is 10.1. The third-order valence-corrected chi connectivity index (χ3v) is 2.35. The molecule has 0 heterocycles. The largest absolute Gasteiger partial charge is 0.383 e. The first-order chi connectivity index (χ1) is 7.26. The monoisotopic (exact) mass is 234 g/mol. The van der Waals surface area contributed by atoms with Crippen molar-refractivity contribution in [2.75, 3.05) is 47.1 Å². The van der Waals surface area contributed by atoms with Gasteiger partial charge in [-0.05, 0) is 18.6 Å². The first kappa shape index (κ1) is 14.6. The lowest BCUT2D eigenvalue weighted by Crippen LogP contribution is -2.43. The molecule has 0 aliphatic heterocycles. The Morgan fingerprint density at radius 3 is 2.13 bits per heavy atom. The zero-order valence-corrected chi connectivity index (χ0v) is 10.7. The van der Waals surface area contributed by atoms with Crippen LogP contribution in [0.2, 0.25) is 0 Å². The van der Waals surface area contributed by atoms with E-state index in [1.165, 1.54) is 0 Å². The SMILES string of the molecule is CCCNC(=S)N(CCOC)CCOC. The van der Waals surface area contributed by atoms with Gasteiger partial charge in [-0.15, -0.1) is 0 Å². The first-order valence-corrected chi connectivity index (χ1v) is 5.67. The van der Waals surface area contributed by atoms with Gasteiger partial charge in [-0.1, -0.05) is 6.92 Å². The molecule has 0 aromatic rings. The number of nitrogens with zero attached hydrogens (tertiary/aromatic N) is 1. The number of hydrogen-bond donors (Lipinski definition) is 1. The predicted molar refractivity (Wildman–Crippen MR) is 66.2 cm³/mol. The Morgan fingerprint density at radius 2 is 1.73 bits per heavy atom. The average molecular weight is 234 g/mol.